The Labute approximate surface area is 238 Å². The third-order valence-corrected chi connectivity index (χ3v) is 10.4. The predicted molar refractivity (Wildman–Crippen MR) is 133 cm³/mol. The first-order chi connectivity index (χ1) is 15.9. The van der Waals surface area contributed by atoms with Gasteiger partial charge in [0.25, 0.3) is 0 Å². The number of carbonyl (C=O) groups is 3. The summed E-state index contributed by atoms with van der Waals surface area (Å²) >= 11 is 0. The van der Waals surface area contributed by atoms with E-state index < -0.39 is 11.9 Å². The van der Waals surface area contributed by atoms with Gasteiger partial charge in [0.2, 0.25) is 0 Å². The van der Waals surface area contributed by atoms with Crippen LogP contribution in [0.1, 0.15) is 99.3 Å². The number of ketones is 1. The van der Waals surface area contributed by atoms with Crippen molar-refractivity contribution < 1.29 is 56.6 Å². The molecule has 4 rings (SSSR count). The Morgan fingerprint density at radius 1 is 0.914 bits per heavy atom. The van der Waals surface area contributed by atoms with Crippen molar-refractivity contribution in [2.24, 2.45) is 46.3 Å². The number of fused-ring (bicyclic) bond motifs is 5. The van der Waals surface area contributed by atoms with Crippen LogP contribution in [-0.4, -0.2) is 31.4 Å². The van der Waals surface area contributed by atoms with Gasteiger partial charge in [-0.3, -0.25) is 15.5 Å². The summed E-state index contributed by atoms with van der Waals surface area (Å²) in [4.78, 5) is 33.3. The SMILES string of the molecule is CC(=O)C1CCC2C3CCC4CC(C)CCC4(C)C3CCC12C.COC(=O)COC(=O)[C-](C)C.[Y]. The second kappa shape index (κ2) is 12.4. The van der Waals surface area contributed by atoms with Crippen molar-refractivity contribution >= 4 is 17.7 Å². The van der Waals surface area contributed by atoms with E-state index in [1.165, 1.54) is 64.9 Å². The molecule has 0 saturated heterocycles. The minimum absolute atomic E-state index is 0. The fourth-order valence-electron chi connectivity index (χ4n) is 8.47. The van der Waals surface area contributed by atoms with Crippen LogP contribution in [0.15, 0.2) is 0 Å². The molecule has 8 atom stereocenters. The normalized spacial score (nSPS) is 39.3. The number of carbonyl (C=O) groups excluding carboxylic acids is 3. The summed E-state index contributed by atoms with van der Waals surface area (Å²) in [6.45, 7) is 12.4. The van der Waals surface area contributed by atoms with Crippen molar-refractivity contribution in [1.82, 2.24) is 0 Å². The Morgan fingerprint density at radius 3 is 2.14 bits per heavy atom. The molecule has 0 aliphatic heterocycles. The third-order valence-electron chi connectivity index (χ3n) is 10.4. The Kier molecular flexibility index (Phi) is 10.9. The van der Waals surface area contributed by atoms with Crippen LogP contribution in [0.5, 0.6) is 0 Å². The van der Waals surface area contributed by atoms with E-state index in [1.54, 1.807) is 13.8 Å². The first-order valence-electron chi connectivity index (χ1n) is 13.5. The van der Waals surface area contributed by atoms with E-state index in [0.717, 1.165) is 29.6 Å². The van der Waals surface area contributed by atoms with E-state index in [0.29, 0.717) is 28.4 Å². The zero-order valence-corrected chi connectivity index (χ0v) is 26.0. The summed E-state index contributed by atoms with van der Waals surface area (Å²) in [7, 11) is 1.23. The molecule has 6 heteroatoms. The molecule has 197 valence electrons. The van der Waals surface area contributed by atoms with Crippen molar-refractivity contribution in [3.8, 4) is 0 Å². The van der Waals surface area contributed by atoms with Crippen molar-refractivity contribution in [1.29, 1.82) is 0 Å². The van der Waals surface area contributed by atoms with Crippen LogP contribution in [0.2, 0.25) is 0 Å². The van der Waals surface area contributed by atoms with E-state index in [1.807, 2.05) is 6.92 Å². The maximum atomic E-state index is 12.2. The monoisotopic (exact) mass is 564 g/mol. The second-order valence-electron chi connectivity index (χ2n) is 12.5. The maximum absolute atomic E-state index is 12.2. The number of esters is 2. The molecule has 0 spiro atoms. The standard InChI is InChI=1S/C22H36O.C7H11O4.Y/c1-14-9-11-21(3)16(13-14)5-6-17-19-8-7-18(15(2)23)22(19,4)12-10-20(17)21;1-5(2)7(9)11-4-6(8)10-3;/h14,16-20H,5-13H2,1-4H3;4H2,1-3H3;/q;-1;. The minimum atomic E-state index is -0.556. The summed E-state index contributed by atoms with van der Waals surface area (Å²) < 4.78 is 8.76. The molecule has 0 bridgehead atoms. The number of hydrogen-bond donors (Lipinski definition) is 0. The Hall–Kier alpha value is -0.416. The van der Waals surface area contributed by atoms with Gasteiger partial charge in [0, 0.05) is 38.6 Å². The smallest absolute Gasteiger partial charge is 0.343 e. The van der Waals surface area contributed by atoms with E-state index in [2.05, 4.69) is 30.2 Å². The van der Waals surface area contributed by atoms with Gasteiger partial charge in [-0.05, 0) is 98.7 Å². The zero-order chi connectivity index (χ0) is 25.3. The molecular formula is C29H47O5Y-. The molecule has 0 N–H and O–H groups in total. The number of hydrogen-bond acceptors (Lipinski definition) is 5. The van der Waals surface area contributed by atoms with E-state index in [-0.39, 0.29) is 39.3 Å². The average Bonchev–Trinajstić information content (AvgIpc) is 3.15. The third kappa shape index (κ3) is 6.36. The number of rotatable bonds is 4. The van der Waals surface area contributed by atoms with Gasteiger partial charge in [-0.25, -0.2) is 4.79 Å². The van der Waals surface area contributed by atoms with Gasteiger partial charge in [-0.1, -0.05) is 27.2 Å². The van der Waals surface area contributed by atoms with Crippen molar-refractivity contribution in [3.63, 3.8) is 0 Å². The molecule has 35 heavy (non-hydrogen) atoms. The molecule has 0 aromatic carbocycles. The summed E-state index contributed by atoms with van der Waals surface area (Å²) in [6, 6.07) is 0. The Morgan fingerprint density at radius 2 is 1.54 bits per heavy atom. The zero-order valence-electron chi connectivity index (χ0n) is 23.2. The van der Waals surface area contributed by atoms with E-state index >= 15 is 0 Å². The van der Waals surface area contributed by atoms with Crippen LogP contribution >= 0.6 is 0 Å². The second-order valence-corrected chi connectivity index (χ2v) is 12.5. The first kappa shape index (κ1) is 30.8. The summed E-state index contributed by atoms with van der Waals surface area (Å²) in [5.41, 5.74) is 0.948. The van der Waals surface area contributed by atoms with Gasteiger partial charge in [0.15, 0.2) is 12.6 Å². The number of ether oxygens (including phenoxy) is 2. The molecule has 0 aromatic rings. The van der Waals surface area contributed by atoms with Gasteiger partial charge in [-0.15, -0.1) is 0 Å². The van der Waals surface area contributed by atoms with Crippen LogP contribution in [0.25, 0.3) is 0 Å². The molecule has 0 amide bonds. The molecule has 8 unspecified atom stereocenters. The number of Topliss-reactive ketones (excluding diaryl/α,β-unsaturated/α-hetero) is 1. The molecular weight excluding hydrogens is 517 g/mol. The Bertz CT molecular complexity index is 766. The topological polar surface area (TPSA) is 69.7 Å². The average molecular weight is 565 g/mol. The van der Waals surface area contributed by atoms with Gasteiger partial charge in [-0.2, -0.15) is 13.8 Å². The van der Waals surface area contributed by atoms with Crippen LogP contribution in [0.4, 0.5) is 0 Å². The van der Waals surface area contributed by atoms with E-state index in [4.69, 9.17) is 0 Å². The fourth-order valence-corrected chi connectivity index (χ4v) is 8.47. The number of methoxy groups -OCH3 is 1. The summed E-state index contributed by atoms with van der Waals surface area (Å²) in [5.74, 6) is 4.97. The molecule has 1 radical (unpaired) electrons. The van der Waals surface area contributed by atoms with Crippen molar-refractivity contribution in [3.05, 3.63) is 5.92 Å². The Balaban J connectivity index is 0.000000310. The van der Waals surface area contributed by atoms with Gasteiger partial charge < -0.3 is 9.47 Å². The molecule has 4 saturated carbocycles. The van der Waals surface area contributed by atoms with Crippen molar-refractivity contribution in [2.45, 2.75) is 99.3 Å². The van der Waals surface area contributed by atoms with E-state index in [9.17, 15) is 14.4 Å². The quantitative estimate of drug-likeness (QED) is 0.301. The van der Waals surface area contributed by atoms with Crippen LogP contribution in [0, 0.1) is 52.3 Å². The molecule has 4 fully saturated rings. The van der Waals surface area contributed by atoms with Crippen LogP contribution in [0.3, 0.4) is 0 Å². The minimum Gasteiger partial charge on any atom is -0.476 e. The van der Waals surface area contributed by atoms with Crippen LogP contribution in [-0.2, 0) is 56.6 Å². The van der Waals surface area contributed by atoms with Gasteiger partial charge in [0.05, 0.1) is 7.11 Å². The first-order valence-corrected chi connectivity index (χ1v) is 13.5. The summed E-state index contributed by atoms with van der Waals surface area (Å²) in [6.07, 6.45) is 12.6. The predicted octanol–water partition coefficient (Wildman–Crippen LogP) is 6.18. The van der Waals surface area contributed by atoms with Gasteiger partial charge in [0.1, 0.15) is 5.78 Å². The molecule has 4 aliphatic carbocycles. The molecule has 5 nitrogen and oxygen atoms in total. The summed E-state index contributed by atoms with van der Waals surface area (Å²) in [5, 5.41) is 0. The molecule has 0 heterocycles. The molecule has 0 aromatic heterocycles. The molecule has 4 aliphatic rings. The fraction of sp³-hybridized carbons (Fsp3) is 0.862. The largest absolute Gasteiger partial charge is 0.476 e. The maximum Gasteiger partial charge on any atom is 0.343 e. The van der Waals surface area contributed by atoms with Crippen molar-refractivity contribution in [2.75, 3.05) is 13.7 Å². The van der Waals surface area contributed by atoms with Gasteiger partial charge >= 0.3 is 5.97 Å². The van der Waals surface area contributed by atoms with Crippen LogP contribution < -0.4 is 0 Å².